The Morgan fingerprint density at radius 1 is 1.50 bits per heavy atom. The summed E-state index contributed by atoms with van der Waals surface area (Å²) in [7, 11) is 0. The molecule has 0 fully saturated rings. The molecule has 2 N–H and O–H groups in total. The summed E-state index contributed by atoms with van der Waals surface area (Å²) in [5.74, 6) is 0. The third kappa shape index (κ3) is 3.16. The first kappa shape index (κ1) is 11.3. The van der Waals surface area contributed by atoms with Gasteiger partial charge in [0.1, 0.15) is 0 Å². The lowest BCUT2D eigenvalue weighted by Crippen LogP contribution is -2.20. The van der Waals surface area contributed by atoms with Gasteiger partial charge in [0.15, 0.2) is 0 Å². The van der Waals surface area contributed by atoms with Crippen molar-refractivity contribution in [2.24, 2.45) is 5.73 Å². The van der Waals surface area contributed by atoms with E-state index in [2.05, 4.69) is 4.98 Å². The highest BCUT2D eigenvalue weighted by atomic mass is 35.5. The molecule has 0 radical (unpaired) electrons. The van der Waals surface area contributed by atoms with E-state index in [1.54, 1.807) is 0 Å². The minimum atomic E-state index is -4.29. The smallest absolute Gasteiger partial charge is 0.324 e. The molecule has 0 spiro atoms. The van der Waals surface area contributed by atoms with Crippen molar-refractivity contribution < 1.29 is 13.2 Å². The number of nitrogens with zero attached hydrogens (tertiary/aromatic N) is 1. The van der Waals surface area contributed by atoms with Gasteiger partial charge in [0.2, 0.25) is 0 Å². The molecule has 1 aromatic rings. The number of halogens is 4. The van der Waals surface area contributed by atoms with E-state index in [1.165, 1.54) is 18.5 Å². The van der Waals surface area contributed by atoms with Gasteiger partial charge >= 0.3 is 6.18 Å². The van der Waals surface area contributed by atoms with E-state index in [0.717, 1.165) is 0 Å². The van der Waals surface area contributed by atoms with Crippen molar-refractivity contribution in [3.8, 4) is 0 Å². The van der Waals surface area contributed by atoms with Crippen molar-refractivity contribution in [2.45, 2.75) is 18.6 Å². The van der Waals surface area contributed by atoms with Crippen LogP contribution in [-0.2, 0) is 0 Å². The van der Waals surface area contributed by atoms with E-state index >= 15 is 0 Å². The molecule has 0 aliphatic carbocycles. The Morgan fingerprint density at radius 2 is 2.14 bits per heavy atom. The van der Waals surface area contributed by atoms with E-state index in [-0.39, 0.29) is 10.6 Å². The van der Waals surface area contributed by atoms with E-state index in [9.17, 15) is 13.2 Å². The van der Waals surface area contributed by atoms with Gasteiger partial charge in [0, 0.05) is 18.4 Å². The standard InChI is InChI=1S/C8H8ClF3N2/c9-6-4-14-2-1-5(6)7(13)3-8(10,11)12/h1-2,4,7H,3,13H2/t7-/m1/s1. The van der Waals surface area contributed by atoms with Gasteiger partial charge in [-0.1, -0.05) is 11.6 Å². The molecule has 0 aliphatic rings. The zero-order valence-electron chi connectivity index (χ0n) is 7.05. The van der Waals surface area contributed by atoms with Gasteiger partial charge in [-0.25, -0.2) is 0 Å². The first-order valence-corrected chi connectivity index (χ1v) is 4.19. The Labute approximate surface area is 83.9 Å². The number of rotatable bonds is 2. The highest BCUT2D eigenvalue weighted by Gasteiger charge is 2.31. The Balaban J connectivity index is 2.80. The summed E-state index contributed by atoms with van der Waals surface area (Å²) < 4.78 is 36.0. The molecular formula is C8H8ClF3N2. The number of nitrogens with two attached hydrogens (primary N) is 1. The predicted octanol–water partition coefficient (Wildman–Crippen LogP) is 2.69. The third-order valence-electron chi connectivity index (χ3n) is 1.65. The molecular weight excluding hydrogens is 217 g/mol. The summed E-state index contributed by atoms with van der Waals surface area (Å²) in [6.07, 6.45) is -2.74. The summed E-state index contributed by atoms with van der Waals surface area (Å²) in [6.45, 7) is 0. The topological polar surface area (TPSA) is 38.9 Å². The van der Waals surface area contributed by atoms with Gasteiger partial charge in [0.25, 0.3) is 0 Å². The minimum absolute atomic E-state index is 0.157. The van der Waals surface area contributed by atoms with Crippen molar-refractivity contribution in [3.05, 3.63) is 29.0 Å². The van der Waals surface area contributed by atoms with Crippen LogP contribution in [0.5, 0.6) is 0 Å². The normalized spacial score (nSPS) is 14.1. The average Bonchev–Trinajstić information content (AvgIpc) is 2.01. The number of pyridine rings is 1. The minimum Gasteiger partial charge on any atom is -0.324 e. The van der Waals surface area contributed by atoms with Gasteiger partial charge < -0.3 is 5.73 Å². The van der Waals surface area contributed by atoms with Crippen molar-refractivity contribution in [1.29, 1.82) is 0 Å². The van der Waals surface area contributed by atoms with Crippen LogP contribution < -0.4 is 5.73 Å². The van der Waals surface area contributed by atoms with E-state index < -0.39 is 18.6 Å². The molecule has 0 aromatic carbocycles. The van der Waals surface area contributed by atoms with Gasteiger partial charge in [0.05, 0.1) is 11.4 Å². The van der Waals surface area contributed by atoms with Crippen LogP contribution in [0.3, 0.4) is 0 Å². The SMILES string of the molecule is N[C@H](CC(F)(F)F)c1ccncc1Cl. The van der Waals surface area contributed by atoms with Crippen LogP contribution in [-0.4, -0.2) is 11.2 Å². The van der Waals surface area contributed by atoms with Crippen LogP contribution in [0, 0.1) is 0 Å². The number of alkyl halides is 3. The highest BCUT2D eigenvalue weighted by molar-refractivity contribution is 6.31. The first-order valence-electron chi connectivity index (χ1n) is 3.82. The monoisotopic (exact) mass is 224 g/mol. The molecule has 1 aromatic heterocycles. The van der Waals surface area contributed by atoms with Gasteiger partial charge in [-0.05, 0) is 11.6 Å². The molecule has 1 atom stereocenters. The molecule has 1 rings (SSSR count). The summed E-state index contributed by atoms with van der Waals surface area (Å²) in [5, 5.41) is 0.157. The molecule has 1 heterocycles. The molecule has 0 unspecified atom stereocenters. The zero-order chi connectivity index (χ0) is 10.8. The second-order valence-corrected chi connectivity index (χ2v) is 3.23. The Bertz CT molecular complexity index is 314. The maximum atomic E-state index is 12.0. The van der Waals surface area contributed by atoms with Crippen LogP contribution in [0.25, 0.3) is 0 Å². The Hall–Kier alpha value is -0.810. The van der Waals surface area contributed by atoms with Crippen molar-refractivity contribution in [1.82, 2.24) is 4.98 Å². The summed E-state index contributed by atoms with van der Waals surface area (Å²) in [5.41, 5.74) is 5.61. The second-order valence-electron chi connectivity index (χ2n) is 2.82. The quantitative estimate of drug-likeness (QED) is 0.839. The van der Waals surface area contributed by atoms with Gasteiger partial charge in [-0.3, -0.25) is 4.98 Å². The largest absolute Gasteiger partial charge is 0.390 e. The summed E-state index contributed by atoms with van der Waals surface area (Å²) in [4.78, 5) is 3.66. The van der Waals surface area contributed by atoms with E-state index in [0.29, 0.717) is 0 Å². The predicted molar refractivity (Wildman–Crippen MR) is 46.8 cm³/mol. The molecule has 6 heteroatoms. The number of hydrogen-bond acceptors (Lipinski definition) is 2. The molecule has 0 amide bonds. The van der Waals surface area contributed by atoms with Crippen molar-refractivity contribution in [3.63, 3.8) is 0 Å². The van der Waals surface area contributed by atoms with Crippen LogP contribution in [0.1, 0.15) is 18.0 Å². The fourth-order valence-corrected chi connectivity index (χ4v) is 1.31. The van der Waals surface area contributed by atoms with E-state index in [1.807, 2.05) is 0 Å². The van der Waals surface area contributed by atoms with Crippen LogP contribution in [0.15, 0.2) is 18.5 Å². The summed E-state index contributed by atoms with van der Waals surface area (Å²) in [6, 6.07) is 0.254. The fraction of sp³-hybridized carbons (Fsp3) is 0.375. The lowest BCUT2D eigenvalue weighted by Gasteiger charge is -2.15. The van der Waals surface area contributed by atoms with Crippen LogP contribution in [0.4, 0.5) is 13.2 Å². The second kappa shape index (κ2) is 4.14. The Morgan fingerprint density at radius 3 is 2.64 bits per heavy atom. The van der Waals surface area contributed by atoms with Crippen LogP contribution >= 0.6 is 11.6 Å². The maximum Gasteiger partial charge on any atom is 0.390 e. The Kier molecular flexibility index (Phi) is 3.34. The maximum absolute atomic E-state index is 12.0. The molecule has 14 heavy (non-hydrogen) atoms. The molecule has 78 valence electrons. The highest BCUT2D eigenvalue weighted by Crippen LogP contribution is 2.30. The summed E-state index contributed by atoms with van der Waals surface area (Å²) >= 11 is 5.64. The molecule has 0 saturated carbocycles. The molecule has 0 bridgehead atoms. The molecule has 2 nitrogen and oxygen atoms in total. The third-order valence-corrected chi connectivity index (χ3v) is 1.97. The number of hydrogen-bond donors (Lipinski definition) is 1. The lowest BCUT2D eigenvalue weighted by molar-refractivity contribution is -0.138. The van der Waals surface area contributed by atoms with Crippen molar-refractivity contribution >= 4 is 11.6 Å². The van der Waals surface area contributed by atoms with Gasteiger partial charge in [-0.15, -0.1) is 0 Å². The molecule has 0 saturated heterocycles. The van der Waals surface area contributed by atoms with Gasteiger partial charge in [-0.2, -0.15) is 13.2 Å². The van der Waals surface area contributed by atoms with Crippen LogP contribution in [0.2, 0.25) is 5.02 Å². The lowest BCUT2D eigenvalue weighted by atomic mass is 10.1. The van der Waals surface area contributed by atoms with E-state index in [4.69, 9.17) is 17.3 Å². The fourth-order valence-electron chi connectivity index (χ4n) is 1.05. The van der Waals surface area contributed by atoms with Crippen molar-refractivity contribution in [2.75, 3.05) is 0 Å². The average molecular weight is 225 g/mol. The molecule has 0 aliphatic heterocycles. The zero-order valence-corrected chi connectivity index (χ0v) is 7.81. The first-order chi connectivity index (χ1) is 6.40. The number of aromatic nitrogens is 1.